The topological polar surface area (TPSA) is 37.3 Å². The SMILES string of the molecule is C=C(C)C(C)(O)C=CC1=C(C)C(=O)CCC1(C)C. The van der Waals surface area contributed by atoms with Crippen molar-refractivity contribution in [1.82, 2.24) is 0 Å². The van der Waals surface area contributed by atoms with E-state index in [1.807, 2.05) is 13.0 Å². The lowest BCUT2D eigenvalue weighted by atomic mass is 9.72. The van der Waals surface area contributed by atoms with Crippen molar-refractivity contribution in [3.8, 4) is 0 Å². The average Bonchev–Trinajstić information content (AvgIpc) is 2.23. The van der Waals surface area contributed by atoms with Gasteiger partial charge in [0, 0.05) is 6.42 Å². The summed E-state index contributed by atoms with van der Waals surface area (Å²) in [5, 5.41) is 10.2. The van der Waals surface area contributed by atoms with Gasteiger partial charge < -0.3 is 5.11 Å². The molecule has 1 rings (SSSR count). The number of aliphatic hydroxyl groups is 1. The van der Waals surface area contributed by atoms with Crippen LogP contribution in [0.2, 0.25) is 0 Å². The number of allylic oxidation sites excluding steroid dienone is 3. The second-order valence-electron chi connectivity index (χ2n) is 6.11. The summed E-state index contributed by atoms with van der Waals surface area (Å²) in [5.41, 5.74) is 1.50. The lowest BCUT2D eigenvalue weighted by molar-refractivity contribution is -0.116. The first-order chi connectivity index (χ1) is 8.08. The molecule has 0 aromatic heterocycles. The highest BCUT2D eigenvalue weighted by Crippen LogP contribution is 2.39. The highest BCUT2D eigenvalue weighted by molar-refractivity contribution is 5.97. The number of hydrogen-bond acceptors (Lipinski definition) is 2. The van der Waals surface area contributed by atoms with Crippen molar-refractivity contribution >= 4 is 5.78 Å². The van der Waals surface area contributed by atoms with Crippen molar-refractivity contribution in [3.05, 3.63) is 35.5 Å². The van der Waals surface area contributed by atoms with Gasteiger partial charge in [-0.3, -0.25) is 4.79 Å². The van der Waals surface area contributed by atoms with Gasteiger partial charge in [-0.05, 0) is 55.4 Å². The van der Waals surface area contributed by atoms with Crippen LogP contribution in [0.3, 0.4) is 0 Å². The fraction of sp³-hybridized carbons (Fsp3) is 0.562. The van der Waals surface area contributed by atoms with Gasteiger partial charge in [0.25, 0.3) is 0 Å². The summed E-state index contributed by atoms with van der Waals surface area (Å²) in [4.78, 5) is 11.8. The number of hydrogen-bond donors (Lipinski definition) is 1. The van der Waals surface area contributed by atoms with Crippen LogP contribution in [0, 0.1) is 5.41 Å². The Balaban J connectivity index is 3.14. The van der Waals surface area contributed by atoms with Crippen LogP contribution in [0.25, 0.3) is 0 Å². The number of carbonyl (C=O) groups excluding carboxylic acids is 1. The Labute approximate surface area is 110 Å². The molecule has 0 aromatic carbocycles. The summed E-state index contributed by atoms with van der Waals surface area (Å²) in [6.07, 6.45) is 5.10. The molecule has 2 nitrogen and oxygen atoms in total. The minimum Gasteiger partial charge on any atom is -0.382 e. The van der Waals surface area contributed by atoms with E-state index in [0.29, 0.717) is 12.0 Å². The summed E-state index contributed by atoms with van der Waals surface area (Å²) in [6.45, 7) is 13.4. The minimum absolute atomic E-state index is 0.0142. The average molecular weight is 248 g/mol. The summed E-state index contributed by atoms with van der Waals surface area (Å²) >= 11 is 0. The van der Waals surface area contributed by atoms with E-state index in [2.05, 4.69) is 20.4 Å². The molecule has 0 radical (unpaired) electrons. The highest BCUT2D eigenvalue weighted by Gasteiger charge is 2.31. The van der Waals surface area contributed by atoms with Gasteiger partial charge in [0.2, 0.25) is 0 Å². The standard InChI is InChI=1S/C16H24O2/c1-11(2)16(6,18)10-7-13-12(3)14(17)8-9-15(13,4)5/h7,10,18H,1,8-9H2,2-6H3. The molecule has 0 aliphatic heterocycles. The van der Waals surface area contributed by atoms with Crippen molar-refractivity contribution in [2.75, 3.05) is 0 Å². The zero-order chi connectivity index (χ0) is 14.1. The molecule has 0 heterocycles. The Morgan fingerprint density at radius 1 is 1.50 bits per heavy atom. The van der Waals surface area contributed by atoms with Gasteiger partial charge in [0.15, 0.2) is 5.78 Å². The van der Waals surface area contributed by atoms with Crippen molar-refractivity contribution in [2.45, 2.75) is 53.1 Å². The monoisotopic (exact) mass is 248 g/mol. The van der Waals surface area contributed by atoms with Crippen LogP contribution < -0.4 is 0 Å². The molecule has 0 spiro atoms. The summed E-state index contributed by atoms with van der Waals surface area (Å²) in [7, 11) is 0. The maximum absolute atomic E-state index is 11.8. The molecule has 1 unspecified atom stereocenters. The zero-order valence-electron chi connectivity index (χ0n) is 12.1. The molecule has 0 saturated carbocycles. The van der Waals surface area contributed by atoms with Crippen LogP contribution in [0.5, 0.6) is 0 Å². The van der Waals surface area contributed by atoms with Crippen LogP contribution >= 0.6 is 0 Å². The molecule has 1 aliphatic carbocycles. The third-order valence-electron chi connectivity index (χ3n) is 3.97. The quantitative estimate of drug-likeness (QED) is 0.775. The highest BCUT2D eigenvalue weighted by atomic mass is 16.3. The van der Waals surface area contributed by atoms with Crippen LogP contribution in [0.15, 0.2) is 35.5 Å². The molecule has 0 aromatic rings. The largest absolute Gasteiger partial charge is 0.382 e. The molecular weight excluding hydrogens is 224 g/mol. The van der Waals surface area contributed by atoms with Crippen molar-refractivity contribution in [2.24, 2.45) is 5.41 Å². The summed E-state index contributed by atoms with van der Waals surface area (Å²) in [5.74, 6) is 0.212. The molecule has 1 atom stereocenters. The van der Waals surface area contributed by atoms with Crippen LogP contribution in [0.1, 0.15) is 47.5 Å². The second kappa shape index (κ2) is 4.85. The minimum atomic E-state index is -1.02. The molecule has 0 fully saturated rings. The molecule has 1 aliphatic rings. The van der Waals surface area contributed by atoms with E-state index in [1.165, 1.54) is 0 Å². The fourth-order valence-corrected chi connectivity index (χ4v) is 2.14. The Hall–Kier alpha value is -1.15. The molecule has 0 saturated heterocycles. The second-order valence-corrected chi connectivity index (χ2v) is 6.11. The van der Waals surface area contributed by atoms with E-state index in [0.717, 1.165) is 17.6 Å². The molecule has 0 bridgehead atoms. The molecule has 1 N–H and O–H groups in total. The first-order valence-electron chi connectivity index (χ1n) is 6.40. The first-order valence-corrected chi connectivity index (χ1v) is 6.40. The van der Waals surface area contributed by atoms with Gasteiger partial charge >= 0.3 is 0 Å². The van der Waals surface area contributed by atoms with E-state index < -0.39 is 5.60 Å². The van der Waals surface area contributed by atoms with E-state index in [4.69, 9.17) is 0 Å². The van der Waals surface area contributed by atoms with Crippen LogP contribution in [-0.4, -0.2) is 16.5 Å². The van der Waals surface area contributed by atoms with Gasteiger partial charge in [-0.25, -0.2) is 0 Å². The predicted molar refractivity (Wildman–Crippen MR) is 75.3 cm³/mol. The molecule has 0 amide bonds. The summed E-state index contributed by atoms with van der Waals surface area (Å²) < 4.78 is 0. The van der Waals surface area contributed by atoms with Gasteiger partial charge in [-0.1, -0.05) is 26.5 Å². The van der Waals surface area contributed by atoms with Gasteiger partial charge in [-0.15, -0.1) is 0 Å². The predicted octanol–water partition coefficient (Wildman–Crippen LogP) is 3.58. The van der Waals surface area contributed by atoms with E-state index in [-0.39, 0.29) is 11.2 Å². The van der Waals surface area contributed by atoms with Gasteiger partial charge in [0.1, 0.15) is 5.60 Å². The lowest BCUT2D eigenvalue weighted by Crippen LogP contribution is -2.26. The third kappa shape index (κ3) is 2.99. The van der Waals surface area contributed by atoms with Crippen molar-refractivity contribution < 1.29 is 9.90 Å². The third-order valence-corrected chi connectivity index (χ3v) is 3.97. The normalized spacial score (nSPS) is 23.3. The molecule has 100 valence electrons. The molecular formula is C16H24O2. The fourth-order valence-electron chi connectivity index (χ4n) is 2.14. The molecule has 18 heavy (non-hydrogen) atoms. The van der Waals surface area contributed by atoms with Crippen molar-refractivity contribution in [1.29, 1.82) is 0 Å². The maximum atomic E-state index is 11.8. The number of rotatable bonds is 3. The van der Waals surface area contributed by atoms with Crippen molar-refractivity contribution in [3.63, 3.8) is 0 Å². The van der Waals surface area contributed by atoms with E-state index >= 15 is 0 Å². The summed E-state index contributed by atoms with van der Waals surface area (Å²) in [6, 6.07) is 0. The van der Waals surface area contributed by atoms with Gasteiger partial charge in [0.05, 0.1) is 0 Å². The Morgan fingerprint density at radius 3 is 2.56 bits per heavy atom. The Morgan fingerprint density at radius 2 is 2.06 bits per heavy atom. The van der Waals surface area contributed by atoms with E-state index in [9.17, 15) is 9.90 Å². The zero-order valence-corrected chi connectivity index (χ0v) is 12.1. The number of carbonyl (C=O) groups is 1. The van der Waals surface area contributed by atoms with E-state index in [1.54, 1.807) is 19.9 Å². The number of Topliss-reactive ketones (excluding diaryl/α,β-unsaturated/α-hetero) is 1. The lowest BCUT2D eigenvalue weighted by Gasteiger charge is -2.32. The number of ketones is 1. The Kier molecular flexibility index (Phi) is 4.02. The smallest absolute Gasteiger partial charge is 0.158 e. The van der Waals surface area contributed by atoms with Gasteiger partial charge in [-0.2, -0.15) is 0 Å². The van der Waals surface area contributed by atoms with Crippen LogP contribution in [-0.2, 0) is 4.79 Å². The maximum Gasteiger partial charge on any atom is 0.158 e. The molecule has 2 heteroatoms. The van der Waals surface area contributed by atoms with Crippen LogP contribution in [0.4, 0.5) is 0 Å². The first kappa shape index (κ1) is 14.9. The Bertz CT molecular complexity index is 434.